The summed E-state index contributed by atoms with van der Waals surface area (Å²) in [5, 5.41) is 0. The molecule has 4 aromatic rings. The summed E-state index contributed by atoms with van der Waals surface area (Å²) in [5.74, 6) is 0.913. The van der Waals surface area contributed by atoms with E-state index in [1.165, 1.54) is 55.6 Å². The van der Waals surface area contributed by atoms with Gasteiger partial charge in [0.25, 0.3) is 0 Å². The summed E-state index contributed by atoms with van der Waals surface area (Å²) in [7, 11) is 0. The molecule has 2 aliphatic rings. The fraction of sp³-hybridized carbons (Fsp3) is 0.156. The van der Waals surface area contributed by atoms with Gasteiger partial charge in [-0.05, 0) is 66.6 Å². The summed E-state index contributed by atoms with van der Waals surface area (Å²) < 4.78 is 6.31. The molecule has 2 aliphatic heterocycles. The predicted molar refractivity (Wildman–Crippen MR) is 141 cm³/mol. The Balaban J connectivity index is 0.00000253. The van der Waals surface area contributed by atoms with Crippen molar-refractivity contribution >= 4 is 17.1 Å². The number of ether oxygens (including phenoxy) is 1. The molecule has 6 rings (SSSR count). The Morgan fingerprint density at radius 3 is 2.00 bits per heavy atom. The van der Waals surface area contributed by atoms with Crippen molar-refractivity contribution in [1.29, 1.82) is 0 Å². The van der Waals surface area contributed by atoms with Gasteiger partial charge in [0.2, 0.25) is 0 Å². The third-order valence-corrected chi connectivity index (χ3v) is 7.08. The second-order valence-corrected chi connectivity index (χ2v) is 9.50. The average Bonchev–Trinajstić information content (AvgIpc) is 3.24. The van der Waals surface area contributed by atoms with E-state index in [-0.39, 0.29) is 20.1 Å². The zero-order chi connectivity index (χ0) is 23.6. The number of benzene rings is 4. The second-order valence-electron chi connectivity index (χ2n) is 9.50. The molecule has 4 aromatic carbocycles. The van der Waals surface area contributed by atoms with Crippen molar-refractivity contribution in [3.8, 4) is 22.3 Å². The first-order valence-corrected chi connectivity index (χ1v) is 11.8. The predicted octanol–water partition coefficient (Wildman–Crippen LogP) is 8.16. The molecule has 35 heavy (non-hydrogen) atoms. The number of hydrogen-bond acceptors (Lipinski definition) is 2. The van der Waals surface area contributed by atoms with Crippen LogP contribution in [0.4, 0.5) is 5.69 Å². The summed E-state index contributed by atoms with van der Waals surface area (Å²) in [5.41, 5.74) is 15.7. The molecule has 0 aliphatic carbocycles. The molecule has 0 saturated carbocycles. The first kappa shape index (κ1) is 23.6. The third kappa shape index (κ3) is 3.66. The van der Waals surface area contributed by atoms with Crippen molar-refractivity contribution in [2.24, 2.45) is 0 Å². The number of hydrogen-bond donors (Lipinski definition) is 0. The fourth-order valence-corrected chi connectivity index (χ4v) is 5.49. The van der Waals surface area contributed by atoms with Gasteiger partial charge < -0.3 is 9.64 Å². The second kappa shape index (κ2) is 8.82. The van der Waals surface area contributed by atoms with E-state index < -0.39 is 0 Å². The van der Waals surface area contributed by atoms with Crippen LogP contribution < -0.4 is 4.90 Å². The monoisotopic (exact) mass is 634 g/mol. The van der Waals surface area contributed by atoms with E-state index in [0.717, 1.165) is 22.7 Å². The van der Waals surface area contributed by atoms with E-state index in [0.29, 0.717) is 0 Å². The van der Waals surface area contributed by atoms with Crippen LogP contribution in [0.2, 0.25) is 0 Å². The molecule has 0 unspecified atom stereocenters. The maximum absolute atomic E-state index is 6.31. The smallest absolute Gasteiger partial charge is 0.117 e. The molecule has 177 valence electrons. The molecule has 2 heterocycles. The van der Waals surface area contributed by atoms with E-state index in [1.54, 1.807) is 0 Å². The van der Waals surface area contributed by atoms with Crippen LogP contribution in [0.1, 0.15) is 38.9 Å². The van der Waals surface area contributed by atoms with E-state index in [2.05, 4.69) is 112 Å². The van der Waals surface area contributed by atoms with Gasteiger partial charge in [0.1, 0.15) is 5.76 Å². The van der Waals surface area contributed by atoms with Crippen LogP contribution in [0.3, 0.4) is 0 Å². The van der Waals surface area contributed by atoms with Gasteiger partial charge in [0.05, 0.1) is 5.70 Å². The minimum absolute atomic E-state index is 0. The largest absolute Gasteiger partial charge is 0.640 e. The minimum Gasteiger partial charge on any atom is -0.640 e. The zero-order valence-electron chi connectivity index (χ0n) is 20.6. The molecule has 1 radical (unpaired) electrons. The number of rotatable bonds is 2. The van der Waals surface area contributed by atoms with Gasteiger partial charge in [-0.2, -0.15) is 23.8 Å². The van der Waals surface area contributed by atoms with Crippen LogP contribution in [0, 0.1) is 47.4 Å². The molecule has 0 aromatic heterocycles. The molecular weight excluding hydrogens is 607 g/mol. The van der Waals surface area contributed by atoms with Gasteiger partial charge in [-0.25, -0.2) is 0 Å². The van der Waals surface area contributed by atoms with Crippen molar-refractivity contribution in [3.05, 3.63) is 118 Å². The Bertz CT molecular complexity index is 1470. The van der Waals surface area contributed by atoms with Crippen molar-refractivity contribution in [2.75, 3.05) is 4.90 Å². The van der Waals surface area contributed by atoms with E-state index in [1.807, 2.05) is 6.73 Å². The number of anilines is 1. The van der Waals surface area contributed by atoms with Crippen LogP contribution in [-0.2, 0) is 24.8 Å². The quantitative estimate of drug-likeness (QED) is 0.207. The molecule has 0 amide bonds. The molecule has 0 bridgehead atoms. The van der Waals surface area contributed by atoms with Crippen LogP contribution >= 0.6 is 0 Å². The Kier molecular flexibility index (Phi) is 5.95. The molecular formula is C32H27IrNO-2. The summed E-state index contributed by atoms with van der Waals surface area (Å²) in [4.78, 5) is 2.16. The van der Waals surface area contributed by atoms with Gasteiger partial charge in [-0.1, -0.05) is 79.5 Å². The molecule has 0 atom stereocenters. The van der Waals surface area contributed by atoms with Gasteiger partial charge in [0.15, 0.2) is 0 Å². The summed E-state index contributed by atoms with van der Waals surface area (Å²) in [6.45, 7) is 12.7. The molecule has 2 nitrogen and oxygen atoms in total. The van der Waals surface area contributed by atoms with Gasteiger partial charge in [0, 0.05) is 25.7 Å². The number of fused-ring (bicyclic) bond motifs is 6. The van der Waals surface area contributed by atoms with Crippen molar-refractivity contribution in [2.45, 2.75) is 34.6 Å². The summed E-state index contributed by atoms with van der Waals surface area (Å²) in [6.07, 6.45) is 0. The van der Waals surface area contributed by atoms with E-state index in [9.17, 15) is 0 Å². The van der Waals surface area contributed by atoms with Crippen molar-refractivity contribution in [1.82, 2.24) is 0 Å². The Morgan fingerprint density at radius 1 is 0.714 bits per heavy atom. The number of aryl methyl sites for hydroxylation is 5. The van der Waals surface area contributed by atoms with E-state index in [4.69, 9.17) is 4.74 Å². The fourth-order valence-electron chi connectivity index (χ4n) is 5.49. The standard InChI is InChI=1S/C32H27NO.Ir/c1-19-12-15-28-27(16-19)26-17-24(29-20(2)8-6-9-21(29)3)13-14-25(26)31-32(34-18-33(28)31)30-22(4)10-7-11-23(30)5;/h6-14,16-18H,1-5H3;/q-2;. The Morgan fingerprint density at radius 2 is 1.34 bits per heavy atom. The maximum atomic E-state index is 6.31. The first-order chi connectivity index (χ1) is 16.4. The molecule has 0 N–H and O–H groups in total. The van der Waals surface area contributed by atoms with Crippen LogP contribution in [0.25, 0.3) is 33.7 Å². The molecule has 0 spiro atoms. The minimum atomic E-state index is 0. The van der Waals surface area contributed by atoms with Crippen LogP contribution in [0.5, 0.6) is 0 Å². The molecule has 3 heteroatoms. The Hall–Kier alpha value is -3.13. The molecule has 0 fully saturated rings. The van der Waals surface area contributed by atoms with Crippen LogP contribution in [-0.4, -0.2) is 0 Å². The molecule has 0 saturated heterocycles. The van der Waals surface area contributed by atoms with Gasteiger partial charge >= 0.3 is 0 Å². The Labute approximate surface area is 221 Å². The average molecular weight is 634 g/mol. The summed E-state index contributed by atoms with van der Waals surface area (Å²) in [6, 6.07) is 27.6. The maximum Gasteiger partial charge on any atom is 0.117 e. The first-order valence-electron chi connectivity index (χ1n) is 11.8. The van der Waals surface area contributed by atoms with Crippen molar-refractivity contribution < 1.29 is 24.8 Å². The normalized spacial score (nSPS) is 13.6. The SMILES string of the molecule is Cc1c[c-]c2c(c1)-c1cc(-c3c(C)cccc3C)ccc1C1=C(c3c(C)cccc3C)O[CH-]N12.[Ir]. The van der Waals surface area contributed by atoms with Gasteiger partial charge in [-0.3, -0.25) is 0 Å². The van der Waals surface area contributed by atoms with Crippen molar-refractivity contribution in [3.63, 3.8) is 0 Å². The topological polar surface area (TPSA) is 12.5 Å². The number of nitrogens with zero attached hydrogens (tertiary/aromatic N) is 1. The summed E-state index contributed by atoms with van der Waals surface area (Å²) >= 11 is 0. The third-order valence-electron chi connectivity index (χ3n) is 7.08. The van der Waals surface area contributed by atoms with Gasteiger partial charge in [-0.15, -0.1) is 5.56 Å². The van der Waals surface area contributed by atoms with Crippen LogP contribution in [0.15, 0.2) is 66.7 Å². The zero-order valence-corrected chi connectivity index (χ0v) is 23.0. The van der Waals surface area contributed by atoms with E-state index >= 15 is 0 Å².